The predicted octanol–water partition coefficient (Wildman–Crippen LogP) is 2.38. The summed E-state index contributed by atoms with van der Waals surface area (Å²) in [6.45, 7) is 3.06. The number of aromatic hydroxyl groups is 1. The van der Waals surface area contributed by atoms with Crippen molar-refractivity contribution in [3.05, 3.63) is 28.5 Å². The van der Waals surface area contributed by atoms with E-state index in [2.05, 4.69) is 4.74 Å². The van der Waals surface area contributed by atoms with E-state index in [1.807, 2.05) is 0 Å². The summed E-state index contributed by atoms with van der Waals surface area (Å²) in [5.41, 5.74) is 4.75. The Hall–Kier alpha value is -1.33. The van der Waals surface area contributed by atoms with Crippen LogP contribution in [0.1, 0.15) is 25.5 Å². The van der Waals surface area contributed by atoms with Gasteiger partial charge in [0.25, 0.3) is 0 Å². The van der Waals surface area contributed by atoms with Crippen molar-refractivity contribution in [1.29, 1.82) is 0 Å². The zero-order valence-corrected chi connectivity index (χ0v) is 11.1. The van der Waals surface area contributed by atoms with Crippen molar-refractivity contribution in [2.75, 3.05) is 7.11 Å². The van der Waals surface area contributed by atoms with Crippen LogP contribution in [0.25, 0.3) is 0 Å². The Morgan fingerprint density at radius 3 is 2.61 bits per heavy atom. The van der Waals surface area contributed by atoms with Gasteiger partial charge in [0.05, 0.1) is 18.6 Å². The van der Waals surface area contributed by atoms with Crippen molar-refractivity contribution < 1.29 is 19.0 Å². The van der Waals surface area contributed by atoms with Crippen molar-refractivity contribution in [2.45, 2.75) is 19.9 Å². The van der Waals surface area contributed by atoms with E-state index < -0.39 is 29.0 Å². The first kappa shape index (κ1) is 14.7. The predicted molar refractivity (Wildman–Crippen MR) is 65.8 cm³/mol. The molecule has 1 rings (SSSR count). The number of ether oxygens (including phenoxy) is 1. The normalized spacial score (nSPS) is 13.2. The van der Waals surface area contributed by atoms with Gasteiger partial charge in [0.2, 0.25) is 0 Å². The Morgan fingerprint density at radius 2 is 2.11 bits per heavy atom. The van der Waals surface area contributed by atoms with E-state index in [-0.39, 0.29) is 10.6 Å². The Kier molecular flexibility index (Phi) is 4.19. The summed E-state index contributed by atoms with van der Waals surface area (Å²) in [4.78, 5) is 11.6. The molecule has 6 heteroatoms. The summed E-state index contributed by atoms with van der Waals surface area (Å²) < 4.78 is 17.9. The first-order chi connectivity index (χ1) is 8.23. The quantitative estimate of drug-likeness (QED) is 0.831. The number of esters is 1. The van der Waals surface area contributed by atoms with Crippen LogP contribution >= 0.6 is 11.6 Å². The number of hydrogen-bond donors (Lipinski definition) is 2. The lowest BCUT2D eigenvalue weighted by Crippen LogP contribution is -2.37. The van der Waals surface area contributed by atoms with E-state index in [1.165, 1.54) is 27.0 Å². The highest BCUT2D eigenvalue weighted by Gasteiger charge is 2.39. The minimum atomic E-state index is -1.15. The summed E-state index contributed by atoms with van der Waals surface area (Å²) in [7, 11) is 1.23. The van der Waals surface area contributed by atoms with Gasteiger partial charge in [0.15, 0.2) is 11.6 Å². The Labute approximate surface area is 109 Å². The number of methoxy groups -OCH3 is 1. The Balaban J connectivity index is 3.31. The molecule has 1 aromatic carbocycles. The number of carbonyl (C=O) groups is 1. The number of halogens is 2. The molecule has 0 aliphatic heterocycles. The summed E-state index contributed by atoms with van der Waals surface area (Å²) in [5, 5.41) is 9.77. The molecule has 1 atom stereocenters. The first-order valence-electron chi connectivity index (χ1n) is 5.24. The van der Waals surface area contributed by atoms with Crippen LogP contribution in [0, 0.1) is 11.2 Å². The molecule has 18 heavy (non-hydrogen) atoms. The van der Waals surface area contributed by atoms with E-state index in [4.69, 9.17) is 17.3 Å². The van der Waals surface area contributed by atoms with Crippen molar-refractivity contribution >= 4 is 17.6 Å². The molecule has 0 saturated carbocycles. The van der Waals surface area contributed by atoms with Crippen LogP contribution in [0.5, 0.6) is 5.75 Å². The zero-order chi connectivity index (χ0) is 14.1. The van der Waals surface area contributed by atoms with E-state index in [9.17, 15) is 14.3 Å². The fourth-order valence-electron chi connectivity index (χ4n) is 1.60. The molecule has 0 aliphatic rings. The Morgan fingerprint density at radius 1 is 1.56 bits per heavy atom. The van der Waals surface area contributed by atoms with Gasteiger partial charge in [-0.3, -0.25) is 4.79 Å². The molecule has 3 N–H and O–H groups in total. The minimum absolute atomic E-state index is 0.00735. The molecule has 0 amide bonds. The molecule has 4 nitrogen and oxygen atoms in total. The number of hydrogen-bond acceptors (Lipinski definition) is 4. The second-order valence-corrected chi connectivity index (χ2v) is 4.89. The second-order valence-electron chi connectivity index (χ2n) is 4.48. The molecule has 0 spiro atoms. The van der Waals surface area contributed by atoms with Crippen LogP contribution in [0.3, 0.4) is 0 Å². The lowest BCUT2D eigenvalue weighted by molar-refractivity contribution is -0.152. The summed E-state index contributed by atoms with van der Waals surface area (Å²) >= 11 is 5.89. The molecule has 0 saturated heterocycles. The van der Waals surface area contributed by atoms with Gasteiger partial charge in [-0.15, -0.1) is 0 Å². The lowest BCUT2D eigenvalue weighted by atomic mass is 9.80. The van der Waals surface area contributed by atoms with Gasteiger partial charge in [0.1, 0.15) is 0 Å². The highest BCUT2D eigenvalue weighted by molar-refractivity contribution is 6.31. The molecule has 0 bridgehead atoms. The molecule has 100 valence electrons. The largest absolute Gasteiger partial charge is 0.505 e. The number of phenols is 1. The average molecular weight is 276 g/mol. The number of rotatable bonds is 3. The molecular formula is C12H15ClFNO3. The number of carbonyl (C=O) groups excluding carboxylic acids is 1. The number of nitrogens with two attached hydrogens (primary N) is 1. The fourth-order valence-corrected chi connectivity index (χ4v) is 1.87. The fraction of sp³-hybridized carbons (Fsp3) is 0.417. The van der Waals surface area contributed by atoms with E-state index in [0.29, 0.717) is 0 Å². The van der Waals surface area contributed by atoms with E-state index in [1.54, 1.807) is 0 Å². The standard InChI is InChI=1S/C12H15ClFNO3/c1-12(2,11(17)18-3)10(15)8-6(13)4-5-7(14)9(8)16/h4-5,10,16H,15H2,1-3H3/t10-/m1/s1. The van der Waals surface area contributed by atoms with E-state index in [0.717, 1.165) is 6.07 Å². The molecule has 0 unspecified atom stereocenters. The van der Waals surface area contributed by atoms with Crippen LogP contribution in [0.4, 0.5) is 4.39 Å². The minimum Gasteiger partial charge on any atom is -0.505 e. The number of benzene rings is 1. The highest BCUT2D eigenvalue weighted by atomic mass is 35.5. The topological polar surface area (TPSA) is 72.5 Å². The zero-order valence-electron chi connectivity index (χ0n) is 10.3. The van der Waals surface area contributed by atoms with Crippen molar-refractivity contribution in [3.8, 4) is 5.75 Å². The van der Waals surface area contributed by atoms with Crippen molar-refractivity contribution in [3.63, 3.8) is 0 Å². The molecule has 0 fully saturated rings. The second kappa shape index (κ2) is 5.12. The molecule has 0 heterocycles. The summed E-state index contributed by atoms with van der Waals surface area (Å²) in [5.74, 6) is -2.06. The van der Waals surface area contributed by atoms with Gasteiger partial charge in [-0.2, -0.15) is 0 Å². The maximum atomic E-state index is 13.3. The van der Waals surface area contributed by atoms with Gasteiger partial charge in [0, 0.05) is 10.6 Å². The molecule has 1 aromatic rings. The Bertz CT molecular complexity index is 477. The van der Waals surface area contributed by atoms with Gasteiger partial charge in [-0.1, -0.05) is 11.6 Å². The van der Waals surface area contributed by atoms with Crippen molar-refractivity contribution in [1.82, 2.24) is 0 Å². The van der Waals surface area contributed by atoms with Crippen molar-refractivity contribution in [2.24, 2.45) is 11.1 Å². The van der Waals surface area contributed by atoms with Gasteiger partial charge in [-0.05, 0) is 26.0 Å². The first-order valence-corrected chi connectivity index (χ1v) is 5.62. The monoisotopic (exact) mass is 275 g/mol. The number of phenolic OH excluding ortho intramolecular Hbond substituents is 1. The smallest absolute Gasteiger partial charge is 0.313 e. The molecule has 0 aliphatic carbocycles. The molecular weight excluding hydrogens is 261 g/mol. The van der Waals surface area contributed by atoms with E-state index >= 15 is 0 Å². The third kappa shape index (κ3) is 2.42. The molecule has 0 radical (unpaired) electrons. The van der Waals surface area contributed by atoms with Gasteiger partial charge < -0.3 is 15.6 Å². The van der Waals surface area contributed by atoms with Crippen LogP contribution in [-0.4, -0.2) is 18.2 Å². The third-order valence-corrected chi connectivity index (χ3v) is 3.24. The average Bonchev–Trinajstić information content (AvgIpc) is 2.33. The van der Waals surface area contributed by atoms with Crippen LogP contribution in [-0.2, 0) is 9.53 Å². The van der Waals surface area contributed by atoms with Crippen LogP contribution in [0.15, 0.2) is 12.1 Å². The van der Waals surface area contributed by atoms with Gasteiger partial charge in [-0.25, -0.2) is 4.39 Å². The lowest BCUT2D eigenvalue weighted by Gasteiger charge is -2.29. The third-order valence-electron chi connectivity index (χ3n) is 2.91. The van der Waals surface area contributed by atoms with Crippen LogP contribution < -0.4 is 5.73 Å². The SMILES string of the molecule is COC(=O)C(C)(C)[C@H](N)c1c(Cl)ccc(F)c1O. The highest BCUT2D eigenvalue weighted by Crippen LogP contribution is 2.41. The maximum Gasteiger partial charge on any atom is 0.313 e. The molecule has 0 aromatic heterocycles. The maximum absolute atomic E-state index is 13.3. The summed E-state index contributed by atoms with van der Waals surface area (Å²) in [6.07, 6.45) is 0. The van der Waals surface area contributed by atoms with Gasteiger partial charge >= 0.3 is 5.97 Å². The van der Waals surface area contributed by atoms with Crippen LogP contribution in [0.2, 0.25) is 5.02 Å². The summed E-state index contributed by atoms with van der Waals surface area (Å²) in [6, 6.07) is 1.31.